The first-order valence-corrected chi connectivity index (χ1v) is 10.6. The highest BCUT2D eigenvalue weighted by Crippen LogP contribution is 2.63. The molecule has 0 saturated heterocycles. The van der Waals surface area contributed by atoms with E-state index in [0.29, 0.717) is 11.8 Å². The first-order chi connectivity index (χ1) is 11.7. The molecule has 8 aliphatic carbocycles. The van der Waals surface area contributed by atoms with Gasteiger partial charge in [0.25, 0.3) is 0 Å². The summed E-state index contributed by atoms with van der Waals surface area (Å²) in [7, 11) is 0. The third-order valence-corrected chi connectivity index (χ3v) is 8.78. The molecule has 2 nitrogen and oxygen atoms in total. The van der Waals surface area contributed by atoms with Crippen LogP contribution in [0, 0.1) is 47.3 Å². The highest BCUT2D eigenvalue weighted by atomic mass is 16.5. The van der Waals surface area contributed by atoms with Crippen molar-refractivity contribution in [3.63, 3.8) is 0 Å². The number of carbonyl (C=O) groups is 1. The summed E-state index contributed by atoms with van der Waals surface area (Å²) in [5, 5.41) is 0. The molecule has 0 unspecified atom stereocenters. The normalized spacial score (nSPS) is 53.8. The minimum absolute atomic E-state index is 0.0538. The minimum atomic E-state index is -0.0538. The molecule has 8 rings (SSSR count). The molecule has 0 aromatic carbocycles. The lowest BCUT2D eigenvalue weighted by molar-refractivity contribution is -0.162. The van der Waals surface area contributed by atoms with Gasteiger partial charge in [-0.3, -0.25) is 4.79 Å². The Hall–Kier alpha value is -0.790. The van der Waals surface area contributed by atoms with Crippen molar-refractivity contribution >= 4 is 5.97 Å². The number of allylic oxidation sites excluding steroid dienone is 1. The highest BCUT2D eigenvalue weighted by molar-refractivity contribution is 5.66. The molecular formula is C22H30O2. The van der Waals surface area contributed by atoms with Gasteiger partial charge in [0.1, 0.15) is 6.10 Å². The molecule has 2 heteroatoms. The third kappa shape index (κ3) is 1.92. The maximum absolute atomic E-state index is 11.7. The van der Waals surface area contributed by atoms with E-state index in [9.17, 15) is 4.79 Å². The molecule has 130 valence electrons. The maximum atomic E-state index is 11.7. The van der Waals surface area contributed by atoms with E-state index in [0.717, 1.165) is 35.5 Å². The highest BCUT2D eigenvalue weighted by Gasteiger charge is 2.55. The van der Waals surface area contributed by atoms with Crippen LogP contribution >= 0.6 is 0 Å². The van der Waals surface area contributed by atoms with Crippen molar-refractivity contribution in [2.45, 2.75) is 70.8 Å². The number of hydrogen-bond acceptors (Lipinski definition) is 2. The van der Waals surface area contributed by atoms with Gasteiger partial charge in [-0.2, -0.15) is 0 Å². The molecule has 5 atom stereocenters. The van der Waals surface area contributed by atoms with Crippen LogP contribution in [0.3, 0.4) is 0 Å². The summed E-state index contributed by atoms with van der Waals surface area (Å²) in [5.74, 6) is 6.88. The van der Waals surface area contributed by atoms with Gasteiger partial charge in [-0.1, -0.05) is 11.1 Å². The predicted molar refractivity (Wildman–Crippen MR) is 92.1 cm³/mol. The van der Waals surface area contributed by atoms with Crippen LogP contribution < -0.4 is 0 Å². The molecule has 24 heavy (non-hydrogen) atoms. The predicted octanol–water partition coefficient (Wildman–Crippen LogP) is 4.74. The molecule has 0 aliphatic heterocycles. The Morgan fingerprint density at radius 1 is 0.750 bits per heavy atom. The fraction of sp³-hybridized carbons (Fsp3) is 0.864. The van der Waals surface area contributed by atoms with E-state index < -0.39 is 0 Å². The number of rotatable bonds is 1. The summed E-state index contributed by atoms with van der Waals surface area (Å²) in [6.07, 6.45) is 13.1. The molecule has 0 amide bonds. The molecule has 0 aromatic heterocycles. The van der Waals surface area contributed by atoms with Gasteiger partial charge in [0.05, 0.1) is 0 Å². The Morgan fingerprint density at radius 2 is 1.33 bits per heavy atom. The van der Waals surface area contributed by atoms with Crippen LogP contribution in [0.15, 0.2) is 11.1 Å². The van der Waals surface area contributed by atoms with E-state index in [1.807, 2.05) is 11.1 Å². The van der Waals surface area contributed by atoms with E-state index in [1.165, 1.54) is 57.8 Å². The number of ether oxygens (including phenoxy) is 1. The molecule has 8 saturated carbocycles. The standard InChI is InChI=1S/C22H30O2/c1-11(23)24-22-18-8-14-7-17(10-18)21(19(22)9-14)20-15-3-12-2-13(5-15)6-16(20)4-12/h12-19,22H,2-10H2,1H3/t12?,13?,14-,15?,16?,17-,18+,19+,22-/m1/s1. The van der Waals surface area contributed by atoms with Crippen molar-refractivity contribution in [3.05, 3.63) is 11.1 Å². The van der Waals surface area contributed by atoms with Gasteiger partial charge in [0.15, 0.2) is 0 Å². The molecular weight excluding hydrogens is 296 g/mol. The van der Waals surface area contributed by atoms with Crippen molar-refractivity contribution in [2.75, 3.05) is 0 Å². The summed E-state index contributed by atoms with van der Waals surface area (Å²) in [5.41, 5.74) is 3.77. The third-order valence-electron chi connectivity index (χ3n) is 8.78. The summed E-state index contributed by atoms with van der Waals surface area (Å²) < 4.78 is 5.93. The summed E-state index contributed by atoms with van der Waals surface area (Å²) in [4.78, 5) is 11.7. The van der Waals surface area contributed by atoms with Gasteiger partial charge in [-0.05, 0) is 99.2 Å². The van der Waals surface area contributed by atoms with Crippen molar-refractivity contribution < 1.29 is 9.53 Å². The lowest BCUT2D eigenvalue weighted by Gasteiger charge is -2.59. The molecule has 0 radical (unpaired) electrons. The van der Waals surface area contributed by atoms with Crippen LogP contribution in [0.25, 0.3) is 0 Å². The average Bonchev–Trinajstić information content (AvgIpc) is 2.51. The minimum Gasteiger partial charge on any atom is -0.462 e. The van der Waals surface area contributed by atoms with Crippen LogP contribution in [0.4, 0.5) is 0 Å². The van der Waals surface area contributed by atoms with Crippen LogP contribution in [-0.2, 0) is 9.53 Å². The second-order valence-electron chi connectivity index (χ2n) is 10.2. The van der Waals surface area contributed by atoms with Crippen molar-refractivity contribution in [1.29, 1.82) is 0 Å². The summed E-state index contributed by atoms with van der Waals surface area (Å²) >= 11 is 0. The summed E-state index contributed by atoms with van der Waals surface area (Å²) in [6.45, 7) is 1.61. The monoisotopic (exact) mass is 326 g/mol. The molecule has 8 aliphatic rings. The SMILES string of the molecule is CC(=O)O[C@@H]1[C@H]2C[C@H]3C[C@H](C2)C(=C2C4CC5CC(C4)CC2C5)[C@@H]1C3. The Morgan fingerprint density at radius 3 is 1.96 bits per heavy atom. The molecule has 0 N–H and O–H groups in total. The Labute approximate surface area is 145 Å². The lowest BCUT2D eigenvalue weighted by Crippen LogP contribution is -2.53. The zero-order chi connectivity index (χ0) is 16.0. The second-order valence-corrected chi connectivity index (χ2v) is 10.2. The van der Waals surface area contributed by atoms with Crippen molar-refractivity contribution in [2.24, 2.45) is 47.3 Å². The molecule has 0 heterocycles. The van der Waals surface area contributed by atoms with Crippen LogP contribution in [0.5, 0.6) is 0 Å². The van der Waals surface area contributed by atoms with Gasteiger partial charge in [0, 0.05) is 12.8 Å². The number of esters is 1. The number of hydrogen-bond donors (Lipinski definition) is 0. The zero-order valence-corrected chi connectivity index (χ0v) is 14.9. The Balaban J connectivity index is 1.42. The fourth-order valence-electron chi connectivity index (χ4n) is 8.61. The van der Waals surface area contributed by atoms with E-state index in [-0.39, 0.29) is 12.1 Å². The van der Waals surface area contributed by atoms with Crippen LogP contribution in [-0.4, -0.2) is 12.1 Å². The molecule has 0 spiro atoms. The van der Waals surface area contributed by atoms with Gasteiger partial charge in [0.2, 0.25) is 0 Å². The Kier molecular flexibility index (Phi) is 2.93. The maximum Gasteiger partial charge on any atom is 0.302 e. The molecule has 0 aromatic rings. The smallest absolute Gasteiger partial charge is 0.302 e. The van der Waals surface area contributed by atoms with E-state index in [2.05, 4.69) is 0 Å². The largest absolute Gasteiger partial charge is 0.462 e. The van der Waals surface area contributed by atoms with E-state index >= 15 is 0 Å². The first kappa shape index (κ1) is 14.4. The lowest BCUT2D eigenvalue weighted by atomic mass is 9.47. The van der Waals surface area contributed by atoms with Crippen molar-refractivity contribution in [1.82, 2.24) is 0 Å². The van der Waals surface area contributed by atoms with Gasteiger partial charge in [-0.15, -0.1) is 0 Å². The molecule has 8 fully saturated rings. The van der Waals surface area contributed by atoms with Crippen LogP contribution in [0.2, 0.25) is 0 Å². The van der Waals surface area contributed by atoms with E-state index in [1.54, 1.807) is 6.92 Å². The molecule has 8 bridgehead atoms. The van der Waals surface area contributed by atoms with Gasteiger partial charge >= 0.3 is 5.97 Å². The quantitative estimate of drug-likeness (QED) is 0.514. The first-order valence-electron chi connectivity index (χ1n) is 10.6. The Bertz CT molecular complexity index is 587. The van der Waals surface area contributed by atoms with E-state index in [4.69, 9.17) is 4.74 Å². The van der Waals surface area contributed by atoms with Gasteiger partial charge < -0.3 is 4.74 Å². The number of carbonyl (C=O) groups excluding carboxylic acids is 1. The zero-order valence-electron chi connectivity index (χ0n) is 14.9. The second kappa shape index (κ2) is 4.89. The van der Waals surface area contributed by atoms with Crippen molar-refractivity contribution in [3.8, 4) is 0 Å². The van der Waals surface area contributed by atoms with Crippen LogP contribution in [0.1, 0.15) is 64.7 Å². The summed E-state index contributed by atoms with van der Waals surface area (Å²) in [6, 6.07) is 0. The fourth-order valence-corrected chi connectivity index (χ4v) is 8.61. The average molecular weight is 326 g/mol. The van der Waals surface area contributed by atoms with Gasteiger partial charge in [-0.25, -0.2) is 0 Å². The topological polar surface area (TPSA) is 26.3 Å².